The van der Waals surface area contributed by atoms with Gasteiger partial charge in [-0.25, -0.2) is 0 Å². The number of hydrogen-bond acceptors (Lipinski definition) is 2. The smallest absolute Gasteiger partial charge is 0.124 e. The molecule has 0 spiro atoms. The molecular formula is C13H20ClNO. The number of aryl methyl sites for hydroxylation is 2. The van der Waals surface area contributed by atoms with Crippen molar-refractivity contribution < 1.29 is 4.74 Å². The zero-order valence-electron chi connectivity index (χ0n) is 10.7. The van der Waals surface area contributed by atoms with Crippen molar-refractivity contribution in [3.63, 3.8) is 0 Å². The molecule has 0 aliphatic rings. The summed E-state index contributed by atoms with van der Waals surface area (Å²) in [5.74, 6) is 1.49. The highest BCUT2D eigenvalue weighted by molar-refractivity contribution is 6.18. The first kappa shape index (κ1) is 13.3. The predicted molar refractivity (Wildman–Crippen MR) is 69.6 cm³/mol. The summed E-state index contributed by atoms with van der Waals surface area (Å²) in [6, 6.07) is 4.42. The lowest BCUT2D eigenvalue weighted by Gasteiger charge is -2.26. The summed E-state index contributed by atoms with van der Waals surface area (Å²) in [6.07, 6.45) is 0. The number of alkyl halides is 1. The van der Waals surface area contributed by atoms with Gasteiger partial charge < -0.3 is 9.64 Å². The van der Waals surface area contributed by atoms with Gasteiger partial charge in [0.1, 0.15) is 5.75 Å². The number of halogens is 1. The van der Waals surface area contributed by atoms with E-state index in [2.05, 4.69) is 30.9 Å². The second-order valence-electron chi connectivity index (χ2n) is 4.33. The van der Waals surface area contributed by atoms with Gasteiger partial charge in [-0.3, -0.25) is 0 Å². The highest BCUT2D eigenvalue weighted by Crippen LogP contribution is 2.33. The van der Waals surface area contributed by atoms with Crippen LogP contribution in [0.1, 0.15) is 22.7 Å². The van der Waals surface area contributed by atoms with Crippen LogP contribution in [-0.4, -0.2) is 32.0 Å². The van der Waals surface area contributed by atoms with Crippen LogP contribution in [0.25, 0.3) is 0 Å². The summed E-state index contributed by atoms with van der Waals surface area (Å²) in [5.41, 5.74) is 3.63. The Morgan fingerprint density at radius 2 is 1.94 bits per heavy atom. The average molecular weight is 242 g/mol. The van der Waals surface area contributed by atoms with Crippen LogP contribution in [0.2, 0.25) is 0 Å². The van der Waals surface area contributed by atoms with Crippen LogP contribution in [0, 0.1) is 13.8 Å². The Balaban J connectivity index is 3.29. The second-order valence-corrected chi connectivity index (χ2v) is 4.64. The van der Waals surface area contributed by atoms with Crippen LogP contribution in [0.5, 0.6) is 5.75 Å². The first-order chi connectivity index (χ1) is 7.51. The zero-order valence-corrected chi connectivity index (χ0v) is 11.4. The van der Waals surface area contributed by atoms with Crippen LogP contribution in [0.4, 0.5) is 0 Å². The van der Waals surface area contributed by atoms with Gasteiger partial charge in [0.2, 0.25) is 0 Å². The van der Waals surface area contributed by atoms with Gasteiger partial charge in [-0.15, -0.1) is 11.6 Å². The fourth-order valence-corrected chi connectivity index (χ4v) is 2.44. The molecule has 90 valence electrons. The molecule has 2 nitrogen and oxygen atoms in total. The van der Waals surface area contributed by atoms with Gasteiger partial charge in [0.25, 0.3) is 0 Å². The first-order valence-corrected chi connectivity index (χ1v) is 5.92. The van der Waals surface area contributed by atoms with E-state index in [-0.39, 0.29) is 6.04 Å². The summed E-state index contributed by atoms with van der Waals surface area (Å²) >= 11 is 6.04. The number of nitrogens with zero attached hydrogens (tertiary/aromatic N) is 1. The molecule has 1 unspecified atom stereocenters. The number of benzene rings is 1. The molecule has 0 aliphatic heterocycles. The maximum absolute atomic E-state index is 6.04. The van der Waals surface area contributed by atoms with E-state index in [1.165, 1.54) is 16.7 Å². The van der Waals surface area contributed by atoms with E-state index in [0.29, 0.717) is 5.88 Å². The molecule has 0 aliphatic carbocycles. The van der Waals surface area contributed by atoms with E-state index in [0.717, 1.165) is 5.75 Å². The summed E-state index contributed by atoms with van der Waals surface area (Å²) in [7, 11) is 5.77. The van der Waals surface area contributed by atoms with Gasteiger partial charge in [-0.05, 0) is 45.1 Å². The lowest BCUT2D eigenvalue weighted by atomic mass is 9.98. The predicted octanol–water partition coefficient (Wildman–Crippen LogP) is 3.15. The van der Waals surface area contributed by atoms with E-state index >= 15 is 0 Å². The molecule has 0 fully saturated rings. The van der Waals surface area contributed by atoms with Crippen molar-refractivity contribution in [2.45, 2.75) is 19.9 Å². The van der Waals surface area contributed by atoms with Gasteiger partial charge in [0, 0.05) is 11.4 Å². The Hall–Kier alpha value is -0.730. The Kier molecular flexibility index (Phi) is 4.63. The second kappa shape index (κ2) is 5.55. The van der Waals surface area contributed by atoms with Gasteiger partial charge in [0.05, 0.1) is 13.2 Å². The highest BCUT2D eigenvalue weighted by atomic mass is 35.5. The largest absolute Gasteiger partial charge is 0.496 e. The fraction of sp³-hybridized carbons (Fsp3) is 0.538. The minimum atomic E-state index is 0.192. The van der Waals surface area contributed by atoms with Crippen LogP contribution >= 0.6 is 11.6 Å². The highest BCUT2D eigenvalue weighted by Gasteiger charge is 2.19. The minimum absolute atomic E-state index is 0.192. The number of rotatable bonds is 4. The standard InChI is InChI=1S/C13H20ClNO/c1-9-6-10(2)13(12(7-9)16-5)11(8-14)15(3)4/h6-7,11H,8H2,1-5H3. The molecule has 1 atom stereocenters. The molecule has 16 heavy (non-hydrogen) atoms. The molecule has 1 rings (SSSR count). The number of methoxy groups -OCH3 is 1. The lowest BCUT2D eigenvalue weighted by Crippen LogP contribution is -2.22. The van der Waals surface area contributed by atoms with Crippen LogP contribution < -0.4 is 4.74 Å². The molecule has 0 aromatic heterocycles. The SMILES string of the molecule is COc1cc(C)cc(C)c1C(CCl)N(C)C. The van der Waals surface area contributed by atoms with E-state index in [1.807, 2.05) is 14.1 Å². The van der Waals surface area contributed by atoms with Gasteiger partial charge in [-0.2, -0.15) is 0 Å². The van der Waals surface area contributed by atoms with Crippen LogP contribution in [0.15, 0.2) is 12.1 Å². The van der Waals surface area contributed by atoms with Crippen molar-refractivity contribution in [1.82, 2.24) is 4.90 Å². The monoisotopic (exact) mass is 241 g/mol. The quantitative estimate of drug-likeness (QED) is 0.751. The molecule has 0 saturated heterocycles. The topological polar surface area (TPSA) is 12.5 Å². The van der Waals surface area contributed by atoms with E-state index < -0.39 is 0 Å². The van der Waals surface area contributed by atoms with Crippen LogP contribution in [0.3, 0.4) is 0 Å². The molecule has 0 N–H and O–H groups in total. The van der Waals surface area contributed by atoms with Crippen molar-refractivity contribution in [3.05, 3.63) is 28.8 Å². The lowest BCUT2D eigenvalue weighted by molar-refractivity contribution is 0.310. The van der Waals surface area contributed by atoms with Crippen molar-refractivity contribution in [1.29, 1.82) is 0 Å². The summed E-state index contributed by atoms with van der Waals surface area (Å²) in [5, 5.41) is 0. The summed E-state index contributed by atoms with van der Waals surface area (Å²) in [6.45, 7) is 4.18. The molecule has 3 heteroatoms. The van der Waals surface area contributed by atoms with E-state index in [1.54, 1.807) is 7.11 Å². The fourth-order valence-electron chi connectivity index (χ4n) is 2.01. The molecule has 0 amide bonds. The van der Waals surface area contributed by atoms with Crippen molar-refractivity contribution >= 4 is 11.6 Å². The van der Waals surface area contributed by atoms with Gasteiger partial charge in [-0.1, -0.05) is 6.07 Å². The van der Waals surface area contributed by atoms with Gasteiger partial charge in [0.15, 0.2) is 0 Å². The third kappa shape index (κ3) is 2.69. The molecule has 1 aromatic carbocycles. The first-order valence-electron chi connectivity index (χ1n) is 5.38. The van der Waals surface area contributed by atoms with Gasteiger partial charge >= 0.3 is 0 Å². The maximum atomic E-state index is 6.04. The molecule has 0 bridgehead atoms. The molecule has 1 aromatic rings. The van der Waals surface area contributed by atoms with Crippen molar-refractivity contribution in [2.24, 2.45) is 0 Å². The molecule has 0 saturated carbocycles. The van der Waals surface area contributed by atoms with E-state index in [4.69, 9.17) is 16.3 Å². The average Bonchev–Trinajstić information content (AvgIpc) is 2.21. The Bertz CT molecular complexity index is 363. The molecule has 0 heterocycles. The summed E-state index contributed by atoms with van der Waals surface area (Å²) < 4.78 is 5.45. The Morgan fingerprint density at radius 3 is 2.38 bits per heavy atom. The number of ether oxygens (including phenoxy) is 1. The van der Waals surface area contributed by atoms with Crippen LogP contribution in [-0.2, 0) is 0 Å². The third-order valence-electron chi connectivity index (χ3n) is 2.82. The summed E-state index contributed by atoms with van der Waals surface area (Å²) in [4.78, 5) is 2.12. The zero-order chi connectivity index (χ0) is 12.3. The Morgan fingerprint density at radius 1 is 1.31 bits per heavy atom. The maximum Gasteiger partial charge on any atom is 0.124 e. The number of hydrogen-bond donors (Lipinski definition) is 0. The Labute approximate surface area is 103 Å². The minimum Gasteiger partial charge on any atom is -0.496 e. The van der Waals surface area contributed by atoms with Crippen molar-refractivity contribution in [2.75, 3.05) is 27.1 Å². The van der Waals surface area contributed by atoms with Crippen molar-refractivity contribution in [3.8, 4) is 5.75 Å². The molecule has 0 radical (unpaired) electrons. The molecular weight excluding hydrogens is 222 g/mol. The normalized spacial score (nSPS) is 12.9. The third-order valence-corrected chi connectivity index (χ3v) is 3.11. The van der Waals surface area contributed by atoms with E-state index in [9.17, 15) is 0 Å².